The maximum atomic E-state index is 13.6. The van der Waals surface area contributed by atoms with E-state index in [2.05, 4.69) is 40.9 Å². The van der Waals surface area contributed by atoms with Gasteiger partial charge in [0.05, 0.1) is 17.3 Å². The van der Waals surface area contributed by atoms with Crippen molar-refractivity contribution < 1.29 is 27.5 Å². The van der Waals surface area contributed by atoms with Crippen LogP contribution in [0.5, 0.6) is 0 Å². The van der Waals surface area contributed by atoms with Crippen LogP contribution in [-0.4, -0.2) is 49.5 Å². The van der Waals surface area contributed by atoms with Crippen molar-refractivity contribution in [2.24, 2.45) is 5.92 Å². The van der Waals surface area contributed by atoms with Crippen LogP contribution in [0, 0.1) is 5.92 Å². The number of ether oxygens (including phenoxy) is 1. The second-order valence-electron chi connectivity index (χ2n) is 12.6. The molecule has 1 saturated heterocycles. The fraction of sp³-hybridized carbons (Fsp3) is 0.452. The largest absolute Gasteiger partial charge is 0.444 e. The number of hydrogen-bond acceptors (Lipinski definition) is 8. The molecule has 4 rings (SSSR count). The van der Waals surface area contributed by atoms with Crippen LogP contribution in [0.25, 0.3) is 0 Å². The average Bonchev–Trinajstić information content (AvgIpc) is 3.27. The fourth-order valence-electron chi connectivity index (χ4n) is 5.18. The molecule has 9 nitrogen and oxygen atoms in total. The Morgan fingerprint density at radius 3 is 2.50 bits per heavy atom. The maximum Gasteiger partial charge on any atom is 0.433 e. The Morgan fingerprint density at radius 1 is 1.11 bits per heavy atom. The third-order valence-electron chi connectivity index (χ3n) is 7.21. The number of nitrogens with zero attached hydrogens (tertiary/aromatic N) is 4. The second-order valence-corrected chi connectivity index (χ2v) is 14.6. The van der Waals surface area contributed by atoms with Crippen LogP contribution >= 0.6 is 39.5 Å². The first-order chi connectivity index (χ1) is 21.4. The average molecular weight is 744 g/mol. The molecule has 1 aliphatic rings. The normalized spacial score (nSPS) is 17.0. The summed E-state index contributed by atoms with van der Waals surface area (Å²) in [6.07, 6.45) is -3.27. The predicted molar refractivity (Wildman–Crippen MR) is 174 cm³/mol. The first-order valence-electron chi connectivity index (χ1n) is 14.5. The quantitative estimate of drug-likeness (QED) is 0.166. The Balaban J connectivity index is 1.50. The van der Waals surface area contributed by atoms with Gasteiger partial charge >= 0.3 is 12.3 Å². The monoisotopic (exact) mass is 742 g/mol. The molecule has 1 fully saturated rings. The minimum absolute atomic E-state index is 0.0344. The molecule has 0 aliphatic carbocycles. The lowest BCUT2D eigenvalue weighted by molar-refractivity contribution is -0.141. The molecule has 3 aromatic heterocycles. The topological polar surface area (TPSA) is 109 Å². The van der Waals surface area contributed by atoms with Crippen LogP contribution in [0.15, 0.2) is 58.2 Å². The van der Waals surface area contributed by atoms with Crippen molar-refractivity contribution in [2.75, 3.05) is 11.9 Å². The molecule has 46 heavy (non-hydrogen) atoms. The molecule has 248 valence electrons. The van der Waals surface area contributed by atoms with E-state index in [9.17, 15) is 22.8 Å². The zero-order valence-corrected chi connectivity index (χ0v) is 29.1. The molecule has 0 saturated carbocycles. The highest BCUT2D eigenvalue weighted by molar-refractivity contribution is 9.10. The molecule has 15 heteroatoms. The number of alkyl halides is 3. The first-order valence-corrected chi connectivity index (χ1v) is 16.5. The van der Waals surface area contributed by atoms with Gasteiger partial charge in [0.2, 0.25) is 0 Å². The predicted octanol–water partition coefficient (Wildman–Crippen LogP) is 8.71. The first kappa shape index (κ1) is 35.7. The number of halogens is 5. The molecular weight excluding hydrogens is 709 g/mol. The molecule has 2 amide bonds. The summed E-state index contributed by atoms with van der Waals surface area (Å²) in [5, 5.41) is 3.72. The van der Waals surface area contributed by atoms with Gasteiger partial charge < -0.3 is 15.0 Å². The molecule has 0 radical (unpaired) electrons. The summed E-state index contributed by atoms with van der Waals surface area (Å²) in [6, 6.07) is 11.4. The van der Waals surface area contributed by atoms with Crippen molar-refractivity contribution in [3.05, 3.63) is 75.2 Å². The zero-order valence-electron chi connectivity index (χ0n) is 25.9. The van der Waals surface area contributed by atoms with Gasteiger partial charge in [-0.05, 0) is 112 Å². The van der Waals surface area contributed by atoms with Crippen molar-refractivity contribution in [3.63, 3.8) is 0 Å². The van der Waals surface area contributed by atoms with E-state index in [-0.39, 0.29) is 22.3 Å². The van der Waals surface area contributed by atoms with E-state index in [1.165, 1.54) is 12.1 Å². The molecule has 3 aromatic rings. The van der Waals surface area contributed by atoms with E-state index < -0.39 is 41.1 Å². The molecule has 4 heterocycles. The smallest absolute Gasteiger partial charge is 0.433 e. The van der Waals surface area contributed by atoms with Crippen molar-refractivity contribution in [3.8, 4) is 0 Å². The SMILES string of the molecule is CC(C)(C)OC(=O)N1C[C@@H](CCC(Nc2cccc(SNC(=O)c3ccc(Br)nc3Cl)n2)c2cccc(C(F)(F)F)n2)CC1(C)C. The molecule has 0 bridgehead atoms. The second kappa shape index (κ2) is 14.3. The lowest BCUT2D eigenvalue weighted by Crippen LogP contribution is -2.45. The Hall–Kier alpha value is -3.10. The standard InChI is InChI=1S/C31H35BrClF3N6O3S/c1-29(2,3)45-28(44)42-17-18(16-30(42,4)5)12-14-21(20-8-6-9-22(37-20)31(34,35)36)38-24-10-7-11-25(40-24)46-41-27(43)19-13-15-23(32)39-26(19)33/h6-11,13,15,18,21H,12,14,16-17H2,1-5H3,(H,38,40)(H,41,43)/t18-,21?/m0/s1. The summed E-state index contributed by atoms with van der Waals surface area (Å²) >= 11 is 10.2. The van der Waals surface area contributed by atoms with Gasteiger partial charge in [0.1, 0.15) is 31.9 Å². The van der Waals surface area contributed by atoms with Gasteiger partial charge in [-0.15, -0.1) is 0 Å². The summed E-state index contributed by atoms with van der Waals surface area (Å²) in [4.78, 5) is 39.8. The van der Waals surface area contributed by atoms with Crippen LogP contribution in [0.3, 0.4) is 0 Å². The summed E-state index contributed by atoms with van der Waals surface area (Å²) < 4.78 is 49.5. The number of nitrogens with one attached hydrogen (secondary N) is 2. The van der Waals surface area contributed by atoms with Gasteiger partial charge in [0.15, 0.2) is 0 Å². The van der Waals surface area contributed by atoms with E-state index in [1.54, 1.807) is 35.2 Å². The van der Waals surface area contributed by atoms with Gasteiger partial charge in [-0.25, -0.2) is 19.7 Å². The van der Waals surface area contributed by atoms with Crippen molar-refractivity contribution >= 4 is 57.3 Å². The Morgan fingerprint density at radius 2 is 1.83 bits per heavy atom. The van der Waals surface area contributed by atoms with E-state index in [0.29, 0.717) is 41.3 Å². The Labute approximate surface area is 283 Å². The van der Waals surface area contributed by atoms with Crippen LogP contribution in [0.1, 0.15) is 81.7 Å². The number of pyridine rings is 3. The molecular formula is C31H35BrClF3N6O3S. The minimum atomic E-state index is -4.61. The van der Waals surface area contributed by atoms with Crippen molar-refractivity contribution in [1.82, 2.24) is 24.6 Å². The van der Waals surface area contributed by atoms with Crippen LogP contribution in [0.4, 0.5) is 23.8 Å². The number of amides is 2. The number of carbonyl (C=O) groups is 2. The highest BCUT2D eigenvalue weighted by Crippen LogP contribution is 2.38. The molecule has 2 N–H and O–H groups in total. The molecule has 1 unspecified atom stereocenters. The Bertz CT molecular complexity index is 1570. The Kier molecular flexibility index (Phi) is 11.1. The van der Waals surface area contributed by atoms with Crippen molar-refractivity contribution in [1.29, 1.82) is 0 Å². The highest BCUT2D eigenvalue weighted by atomic mass is 79.9. The number of aromatic nitrogens is 3. The zero-order chi connectivity index (χ0) is 33.9. The van der Waals surface area contributed by atoms with Gasteiger partial charge in [-0.3, -0.25) is 9.52 Å². The third kappa shape index (κ3) is 9.71. The highest BCUT2D eigenvalue weighted by Gasteiger charge is 2.43. The summed E-state index contributed by atoms with van der Waals surface area (Å²) in [5.74, 6) is -0.00217. The molecule has 0 aromatic carbocycles. The lowest BCUT2D eigenvalue weighted by Gasteiger charge is -2.33. The van der Waals surface area contributed by atoms with Crippen LogP contribution in [0.2, 0.25) is 5.15 Å². The minimum Gasteiger partial charge on any atom is -0.444 e. The van der Waals surface area contributed by atoms with Crippen LogP contribution < -0.4 is 10.0 Å². The third-order valence-corrected chi connectivity index (χ3v) is 8.66. The summed E-state index contributed by atoms with van der Waals surface area (Å²) in [7, 11) is 0. The number of anilines is 1. The molecule has 2 atom stereocenters. The number of likely N-dealkylation sites (tertiary alicyclic amines) is 1. The van der Waals surface area contributed by atoms with E-state index in [4.69, 9.17) is 16.3 Å². The maximum absolute atomic E-state index is 13.6. The van der Waals surface area contributed by atoms with Crippen molar-refractivity contribution in [2.45, 2.75) is 82.3 Å². The number of hydrogen-bond donors (Lipinski definition) is 2. The fourth-order valence-corrected chi connectivity index (χ4v) is 6.43. The number of rotatable bonds is 9. The van der Waals surface area contributed by atoms with E-state index >= 15 is 0 Å². The summed E-state index contributed by atoms with van der Waals surface area (Å²) in [5.41, 5.74) is -1.68. The van der Waals surface area contributed by atoms with Gasteiger partial charge in [-0.2, -0.15) is 13.2 Å². The molecule has 1 aliphatic heterocycles. The lowest BCUT2D eigenvalue weighted by atomic mass is 9.91. The van der Waals surface area contributed by atoms with E-state index in [0.717, 1.165) is 18.0 Å². The van der Waals surface area contributed by atoms with Gasteiger partial charge in [0, 0.05) is 24.0 Å². The van der Waals surface area contributed by atoms with Crippen LogP contribution in [-0.2, 0) is 10.9 Å². The van der Waals surface area contributed by atoms with Gasteiger partial charge in [-0.1, -0.05) is 23.7 Å². The van der Waals surface area contributed by atoms with Gasteiger partial charge in [0.25, 0.3) is 5.91 Å². The molecule has 0 spiro atoms. The van der Waals surface area contributed by atoms with E-state index in [1.807, 2.05) is 34.6 Å². The number of carbonyl (C=O) groups excluding carboxylic acids is 2. The summed E-state index contributed by atoms with van der Waals surface area (Å²) in [6.45, 7) is 9.87.